The van der Waals surface area contributed by atoms with E-state index in [9.17, 15) is 4.79 Å². The molecule has 96 valence electrons. The minimum absolute atomic E-state index is 0.370. The molecule has 0 atom stereocenters. The molecule has 0 aromatic heterocycles. The van der Waals surface area contributed by atoms with E-state index >= 15 is 0 Å². The molecule has 19 heavy (non-hydrogen) atoms. The monoisotopic (exact) mass is 257 g/mol. The van der Waals surface area contributed by atoms with Gasteiger partial charge in [-0.25, -0.2) is 4.79 Å². The van der Waals surface area contributed by atoms with E-state index in [2.05, 4.69) is 0 Å². The van der Waals surface area contributed by atoms with Crippen molar-refractivity contribution in [2.24, 2.45) is 0 Å². The minimum atomic E-state index is -1.29. The number of aliphatic hydroxyl groups is 2. The van der Waals surface area contributed by atoms with Crippen LogP contribution in [0.5, 0.6) is 0 Å². The number of hydrogen-bond acceptors (Lipinski definition) is 4. The van der Waals surface area contributed by atoms with Gasteiger partial charge in [0.05, 0.1) is 12.5 Å². The number of hydrogen-bond donors (Lipinski definition) is 3. The Hall–Kier alpha value is -3.00. The van der Waals surface area contributed by atoms with Crippen LogP contribution < -0.4 is 10.4 Å². The lowest BCUT2D eigenvalue weighted by atomic mass is 10.1. The standard InChI is InChI=1S/C14H11NO4/c15-7-11(14(18)19)3-1-2-10-4-5-12(8-16)13(6-10)9-17/h1-6,8-9,16-17H,(H,18,19). The molecule has 0 bridgehead atoms. The van der Waals surface area contributed by atoms with Crippen molar-refractivity contribution < 1.29 is 20.1 Å². The molecule has 5 heteroatoms. The summed E-state index contributed by atoms with van der Waals surface area (Å²) in [4.78, 5) is 10.6. The average molecular weight is 257 g/mol. The predicted octanol–water partition coefficient (Wildman–Crippen LogP) is 0.826. The molecule has 0 fully saturated rings. The lowest BCUT2D eigenvalue weighted by molar-refractivity contribution is -0.132. The zero-order valence-corrected chi connectivity index (χ0v) is 9.82. The van der Waals surface area contributed by atoms with Gasteiger partial charge >= 0.3 is 5.97 Å². The minimum Gasteiger partial charge on any atom is -0.515 e. The summed E-state index contributed by atoms with van der Waals surface area (Å²) in [7, 11) is 0. The van der Waals surface area contributed by atoms with E-state index in [1.165, 1.54) is 12.2 Å². The maximum atomic E-state index is 10.6. The van der Waals surface area contributed by atoms with E-state index in [1.807, 2.05) is 0 Å². The third kappa shape index (κ3) is 3.75. The van der Waals surface area contributed by atoms with Gasteiger partial charge in [0.25, 0.3) is 0 Å². The zero-order chi connectivity index (χ0) is 14.3. The molecule has 0 aliphatic carbocycles. The van der Waals surface area contributed by atoms with Crippen LogP contribution in [0.1, 0.15) is 5.56 Å². The number of carbonyl (C=O) groups is 1. The van der Waals surface area contributed by atoms with E-state index in [0.29, 0.717) is 16.0 Å². The van der Waals surface area contributed by atoms with E-state index in [1.54, 1.807) is 30.3 Å². The Labute approximate surface area is 109 Å². The van der Waals surface area contributed by atoms with Crippen molar-refractivity contribution in [3.05, 3.63) is 51.9 Å². The molecule has 0 radical (unpaired) electrons. The van der Waals surface area contributed by atoms with Crippen LogP contribution in [0.4, 0.5) is 0 Å². The summed E-state index contributed by atoms with van der Waals surface area (Å²) in [6.07, 6.45) is 5.90. The number of benzene rings is 1. The molecule has 0 saturated heterocycles. The Morgan fingerprint density at radius 2 is 1.89 bits per heavy atom. The summed E-state index contributed by atoms with van der Waals surface area (Å²) in [6.45, 7) is 0. The molecule has 0 aliphatic heterocycles. The number of carboxylic acids is 1. The molecule has 0 amide bonds. The third-order valence-electron chi connectivity index (χ3n) is 2.29. The quantitative estimate of drug-likeness (QED) is 0.423. The summed E-state index contributed by atoms with van der Waals surface area (Å²) >= 11 is 0. The Kier molecular flexibility index (Phi) is 4.93. The first-order chi connectivity index (χ1) is 9.12. The number of nitrogens with zero attached hydrogens (tertiary/aromatic N) is 1. The van der Waals surface area contributed by atoms with Crippen LogP contribution in [-0.4, -0.2) is 21.3 Å². The predicted molar refractivity (Wildman–Crippen MR) is 70.2 cm³/mol. The third-order valence-corrected chi connectivity index (χ3v) is 2.29. The number of rotatable bonds is 3. The van der Waals surface area contributed by atoms with Crippen molar-refractivity contribution in [1.29, 1.82) is 5.26 Å². The molecule has 0 saturated carbocycles. The largest absolute Gasteiger partial charge is 0.515 e. The van der Waals surface area contributed by atoms with Crippen LogP contribution in [0.3, 0.4) is 0 Å². The number of aliphatic hydroxyl groups excluding tert-OH is 2. The number of aliphatic carboxylic acids is 1. The second kappa shape index (κ2) is 6.67. The Morgan fingerprint density at radius 3 is 2.42 bits per heavy atom. The first kappa shape index (κ1) is 14.1. The van der Waals surface area contributed by atoms with Crippen molar-refractivity contribution in [2.45, 2.75) is 0 Å². The summed E-state index contributed by atoms with van der Waals surface area (Å²) in [6, 6.07) is 6.42. The SMILES string of the molecule is N#CC(=CC=Cc1ccc(=CO)c(=CO)c1)C(=O)O. The van der Waals surface area contributed by atoms with Gasteiger partial charge in [0.1, 0.15) is 11.6 Å². The smallest absolute Gasteiger partial charge is 0.346 e. The van der Waals surface area contributed by atoms with Crippen molar-refractivity contribution in [2.75, 3.05) is 0 Å². The second-order valence-corrected chi connectivity index (χ2v) is 3.50. The molecule has 3 N–H and O–H groups in total. The van der Waals surface area contributed by atoms with Gasteiger partial charge in [0, 0.05) is 10.4 Å². The molecule has 1 rings (SSSR count). The van der Waals surface area contributed by atoms with Crippen LogP contribution in [0.25, 0.3) is 18.6 Å². The molecule has 0 aliphatic rings. The summed E-state index contributed by atoms with van der Waals surface area (Å²) in [5.74, 6) is -1.29. The fraction of sp³-hybridized carbons (Fsp3) is 0. The highest BCUT2D eigenvalue weighted by molar-refractivity contribution is 5.91. The molecule has 5 nitrogen and oxygen atoms in total. The number of nitriles is 1. The summed E-state index contributed by atoms with van der Waals surface area (Å²) in [5.41, 5.74) is 0.315. The highest BCUT2D eigenvalue weighted by atomic mass is 16.4. The van der Waals surface area contributed by atoms with Crippen LogP contribution >= 0.6 is 0 Å². The van der Waals surface area contributed by atoms with Gasteiger partial charge in [0.2, 0.25) is 0 Å². The average Bonchev–Trinajstić information content (AvgIpc) is 2.42. The first-order valence-corrected chi connectivity index (χ1v) is 5.23. The van der Waals surface area contributed by atoms with E-state index in [4.69, 9.17) is 20.6 Å². The van der Waals surface area contributed by atoms with E-state index in [0.717, 1.165) is 12.5 Å². The maximum absolute atomic E-state index is 10.6. The van der Waals surface area contributed by atoms with Crippen LogP contribution in [0.15, 0.2) is 35.9 Å². The maximum Gasteiger partial charge on any atom is 0.346 e. The molecule has 1 aromatic carbocycles. The topological polar surface area (TPSA) is 102 Å². The fourth-order valence-corrected chi connectivity index (χ4v) is 1.34. The van der Waals surface area contributed by atoms with E-state index in [-0.39, 0.29) is 5.57 Å². The van der Waals surface area contributed by atoms with Crippen LogP contribution in [0, 0.1) is 11.3 Å². The van der Waals surface area contributed by atoms with Gasteiger partial charge < -0.3 is 15.3 Å². The molecule has 0 spiro atoms. The van der Waals surface area contributed by atoms with E-state index < -0.39 is 5.97 Å². The fourth-order valence-electron chi connectivity index (χ4n) is 1.34. The Bertz CT molecular complexity index is 693. The van der Waals surface area contributed by atoms with Gasteiger partial charge in [-0.15, -0.1) is 0 Å². The Balaban J connectivity index is 3.09. The normalized spacial score (nSPS) is 13.7. The van der Waals surface area contributed by atoms with Crippen molar-refractivity contribution >= 4 is 24.6 Å². The lowest BCUT2D eigenvalue weighted by Crippen LogP contribution is -2.24. The number of allylic oxidation sites excluding steroid dienone is 2. The van der Waals surface area contributed by atoms with Crippen molar-refractivity contribution in [3.8, 4) is 6.07 Å². The molecule has 0 unspecified atom stereocenters. The van der Waals surface area contributed by atoms with Crippen molar-refractivity contribution in [1.82, 2.24) is 0 Å². The van der Waals surface area contributed by atoms with Crippen LogP contribution in [-0.2, 0) is 4.79 Å². The van der Waals surface area contributed by atoms with Gasteiger partial charge in [-0.05, 0) is 17.7 Å². The van der Waals surface area contributed by atoms with Gasteiger partial charge in [-0.1, -0.05) is 24.3 Å². The highest BCUT2D eigenvalue weighted by Crippen LogP contribution is 1.99. The molecular weight excluding hydrogens is 246 g/mol. The second-order valence-electron chi connectivity index (χ2n) is 3.50. The Morgan fingerprint density at radius 1 is 1.21 bits per heavy atom. The van der Waals surface area contributed by atoms with Crippen LogP contribution in [0.2, 0.25) is 0 Å². The molecule has 1 aromatic rings. The first-order valence-electron chi connectivity index (χ1n) is 5.23. The van der Waals surface area contributed by atoms with Gasteiger partial charge in [0.15, 0.2) is 0 Å². The van der Waals surface area contributed by atoms with Gasteiger partial charge in [-0.2, -0.15) is 5.26 Å². The summed E-state index contributed by atoms with van der Waals surface area (Å²) < 4.78 is 0. The van der Waals surface area contributed by atoms with Gasteiger partial charge in [-0.3, -0.25) is 0 Å². The highest BCUT2D eigenvalue weighted by Gasteiger charge is 2.02. The number of carboxylic acid groups (broad SMARTS) is 1. The molecular formula is C14H11NO4. The van der Waals surface area contributed by atoms with Crippen molar-refractivity contribution in [3.63, 3.8) is 0 Å². The molecule has 0 heterocycles. The zero-order valence-electron chi connectivity index (χ0n) is 9.82. The lowest BCUT2D eigenvalue weighted by Gasteiger charge is -1.93. The summed E-state index contributed by atoms with van der Waals surface area (Å²) in [5, 5.41) is 35.9.